The highest BCUT2D eigenvalue weighted by atomic mass is 16.2. The van der Waals surface area contributed by atoms with E-state index in [1.165, 1.54) is 6.33 Å². The van der Waals surface area contributed by atoms with Crippen LogP contribution >= 0.6 is 0 Å². The highest BCUT2D eigenvalue weighted by Crippen LogP contribution is 2.20. The number of aryl methyl sites for hydroxylation is 1. The van der Waals surface area contributed by atoms with Crippen LogP contribution in [0.2, 0.25) is 0 Å². The minimum atomic E-state index is -0.347. The molecule has 0 radical (unpaired) electrons. The maximum absolute atomic E-state index is 12.6. The number of benzene rings is 1. The number of hydrogen-bond acceptors (Lipinski definition) is 5. The van der Waals surface area contributed by atoms with Gasteiger partial charge in [-0.1, -0.05) is 25.5 Å². The molecule has 1 aromatic carbocycles. The van der Waals surface area contributed by atoms with Crippen LogP contribution in [0.15, 0.2) is 43.0 Å². The van der Waals surface area contributed by atoms with Gasteiger partial charge in [0, 0.05) is 30.7 Å². The molecular weight excluding hydrogens is 316 g/mol. The molecule has 2 heterocycles. The van der Waals surface area contributed by atoms with Gasteiger partial charge in [0.2, 0.25) is 5.91 Å². The minimum absolute atomic E-state index is 0.0478. The molecule has 7 heteroatoms. The summed E-state index contributed by atoms with van der Waals surface area (Å²) in [6.07, 6.45) is 6.76. The quantitative estimate of drug-likeness (QED) is 0.690. The Morgan fingerprint density at radius 2 is 2.12 bits per heavy atom. The van der Waals surface area contributed by atoms with E-state index in [9.17, 15) is 4.79 Å². The second kappa shape index (κ2) is 7.74. The van der Waals surface area contributed by atoms with Gasteiger partial charge in [-0.25, -0.2) is 9.97 Å². The van der Waals surface area contributed by atoms with Gasteiger partial charge < -0.3 is 10.6 Å². The highest BCUT2D eigenvalue weighted by Gasteiger charge is 2.19. The van der Waals surface area contributed by atoms with Crippen LogP contribution in [-0.2, 0) is 18.4 Å². The zero-order chi connectivity index (χ0) is 17.6. The molecule has 130 valence electrons. The summed E-state index contributed by atoms with van der Waals surface area (Å²) in [6, 6.07) is 7.41. The lowest BCUT2D eigenvalue weighted by Gasteiger charge is -2.19. The smallest absolute Gasteiger partial charge is 0.242 e. The molecule has 1 unspecified atom stereocenters. The molecule has 0 aliphatic rings. The summed E-state index contributed by atoms with van der Waals surface area (Å²) in [5, 5.41) is 11.3. The Kier molecular flexibility index (Phi) is 5.23. The van der Waals surface area contributed by atoms with Gasteiger partial charge in [0.05, 0.1) is 11.7 Å². The standard InChI is InChI=1S/C18H22N6O/c1-3-6-16(18(25)19-9-13-10-22-24(2)11-13)23-17-14-7-4-5-8-15(14)20-12-21-17/h4-5,7-8,10-12,16H,3,6,9H2,1-2H3,(H,19,25)(H,20,21,23). The van der Waals surface area contributed by atoms with Crippen molar-refractivity contribution in [1.29, 1.82) is 0 Å². The monoisotopic (exact) mass is 338 g/mol. The van der Waals surface area contributed by atoms with Crippen LogP contribution in [0.1, 0.15) is 25.3 Å². The molecule has 3 rings (SSSR count). The average molecular weight is 338 g/mol. The molecule has 0 aliphatic heterocycles. The van der Waals surface area contributed by atoms with E-state index in [0.29, 0.717) is 12.4 Å². The van der Waals surface area contributed by atoms with Gasteiger partial charge in [-0.05, 0) is 18.6 Å². The maximum Gasteiger partial charge on any atom is 0.242 e. The maximum atomic E-state index is 12.6. The fourth-order valence-corrected chi connectivity index (χ4v) is 2.72. The van der Waals surface area contributed by atoms with Crippen LogP contribution in [0.5, 0.6) is 0 Å². The first kappa shape index (κ1) is 16.9. The summed E-state index contributed by atoms with van der Waals surface area (Å²) in [4.78, 5) is 21.2. The van der Waals surface area contributed by atoms with Crippen molar-refractivity contribution in [3.05, 3.63) is 48.5 Å². The fourth-order valence-electron chi connectivity index (χ4n) is 2.72. The van der Waals surface area contributed by atoms with Gasteiger partial charge in [0.1, 0.15) is 18.2 Å². The largest absolute Gasteiger partial charge is 0.358 e. The molecule has 0 fully saturated rings. The predicted octanol–water partition coefficient (Wildman–Crippen LogP) is 2.26. The van der Waals surface area contributed by atoms with E-state index >= 15 is 0 Å². The van der Waals surface area contributed by atoms with E-state index in [0.717, 1.165) is 29.3 Å². The summed E-state index contributed by atoms with van der Waals surface area (Å²) >= 11 is 0. The highest BCUT2D eigenvalue weighted by molar-refractivity contribution is 5.91. The Morgan fingerprint density at radius 1 is 1.28 bits per heavy atom. The van der Waals surface area contributed by atoms with Crippen LogP contribution in [0.3, 0.4) is 0 Å². The summed E-state index contributed by atoms with van der Waals surface area (Å²) in [6.45, 7) is 2.51. The van der Waals surface area contributed by atoms with Gasteiger partial charge in [-0.3, -0.25) is 9.48 Å². The molecule has 0 saturated heterocycles. The molecule has 2 aromatic heterocycles. The zero-order valence-corrected chi connectivity index (χ0v) is 14.4. The Hall–Kier alpha value is -2.96. The van der Waals surface area contributed by atoms with Gasteiger partial charge in [0.25, 0.3) is 0 Å². The lowest BCUT2D eigenvalue weighted by molar-refractivity contribution is -0.122. The van der Waals surface area contributed by atoms with E-state index in [1.807, 2.05) is 37.5 Å². The normalized spacial score (nSPS) is 12.1. The van der Waals surface area contributed by atoms with Gasteiger partial charge >= 0.3 is 0 Å². The first-order chi connectivity index (χ1) is 12.2. The van der Waals surface area contributed by atoms with Crippen LogP contribution in [0, 0.1) is 0 Å². The fraction of sp³-hybridized carbons (Fsp3) is 0.333. The Morgan fingerprint density at radius 3 is 2.88 bits per heavy atom. The number of nitrogens with zero attached hydrogens (tertiary/aromatic N) is 4. The lowest BCUT2D eigenvalue weighted by Crippen LogP contribution is -2.39. The van der Waals surface area contributed by atoms with Crippen molar-refractivity contribution in [1.82, 2.24) is 25.1 Å². The number of nitrogens with one attached hydrogen (secondary N) is 2. The number of hydrogen-bond donors (Lipinski definition) is 2. The number of anilines is 1. The van der Waals surface area contributed by atoms with Crippen molar-refractivity contribution in [2.75, 3.05) is 5.32 Å². The topological polar surface area (TPSA) is 84.7 Å². The molecular formula is C18H22N6O. The number of amides is 1. The summed E-state index contributed by atoms with van der Waals surface area (Å²) < 4.78 is 1.72. The minimum Gasteiger partial charge on any atom is -0.358 e. The second-order valence-corrected chi connectivity index (χ2v) is 5.97. The van der Waals surface area contributed by atoms with Crippen molar-refractivity contribution in [3.63, 3.8) is 0 Å². The Bertz CT molecular complexity index is 854. The third-order valence-electron chi connectivity index (χ3n) is 3.97. The second-order valence-electron chi connectivity index (χ2n) is 5.97. The number of rotatable bonds is 7. The first-order valence-corrected chi connectivity index (χ1v) is 8.39. The van der Waals surface area contributed by atoms with Gasteiger partial charge in [-0.15, -0.1) is 0 Å². The number of para-hydroxylation sites is 1. The number of aromatic nitrogens is 4. The molecule has 0 aliphatic carbocycles. The van der Waals surface area contributed by atoms with E-state index in [-0.39, 0.29) is 11.9 Å². The van der Waals surface area contributed by atoms with E-state index < -0.39 is 0 Å². The molecule has 2 N–H and O–H groups in total. The molecule has 0 bridgehead atoms. The van der Waals surface area contributed by atoms with Crippen molar-refractivity contribution >= 4 is 22.6 Å². The molecule has 25 heavy (non-hydrogen) atoms. The number of carbonyl (C=O) groups is 1. The lowest BCUT2D eigenvalue weighted by atomic mass is 10.1. The van der Waals surface area contributed by atoms with Crippen molar-refractivity contribution in [2.24, 2.45) is 7.05 Å². The molecule has 0 spiro atoms. The molecule has 0 saturated carbocycles. The first-order valence-electron chi connectivity index (χ1n) is 8.39. The zero-order valence-electron chi connectivity index (χ0n) is 14.4. The number of carbonyl (C=O) groups excluding carboxylic acids is 1. The van der Waals surface area contributed by atoms with Crippen LogP contribution in [0.25, 0.3) is 10.9 Å². The van der Waals surface area contributed by atoms with Crippen molar-refractivity contribution < 1.29 is 4.79 Å². The van der Waals surface area contributed by atoms with Crippen LogP contribution in [0.4, 0.5) is 5.82 Å². The molecule has 1 atom stereocenters. The Balaban J connectivity index is 1.72. The van der Waals surface area contributed by atoms with E-state index in [2.05, 4.69) is 32.6 Å². The van der Waals surface area contributed by atoms with E-state index in [4.69, 9.17) is 0 Å². The molecule has 1 amide bonds. The number of fused-ring (bicyclic) bond motifs is 1. The SMILES string of the molecule is CCCC(Nc1ncnc2ccccc12)C(=O)NCc1cnn(C)c1. The average Bonchev–Trinajstić information content (AvgIpc) is 3.05. The van der Waals surface area contributed by atoms with Crippen LogP contribution < -0.4 is 10.6 Å². The predicted molar refractivity (Wildman–Crippen MR) is 96.9 cm³/mol. The van der Waals surface area contributed by atoms with Gasteiger partial charge in [0.15, 0.2) is 0 Å². The summed E-state index contributed by atoms with van der Waals surface area (Å²) in [5.41, 5.74) is 1.82. The van der Waals surface area contributed by atoms with E-state index in [1.54, 1.807) is 10.9 Å². The Labute approximate surface area is 146 Å². The van der Waals surface area contributed by atoms with Gasteiger partial charge in [-0.2, -0.15) is 5.10 Å². The van der Waals surface area contributed by atoms with Crippen LogP contribution in [-0.4, -0.2) is 31.7 Å². The van der Waals surface area contributed by atoms with Crippen molar-refractivity contribution in [2.45, 2.75) is 32.4 Å². The third kappa shape index (κ3) is 4.12. The summed E-state index contributed by atoms with van der Waals surface area (Å²) in [7, 11) is 1.85. The molecule has 7 nitrogen and oxygen atoms in total. The van der Waals surface area contributed by atoms with Crippen molar-refractivity contribution in [3.8, 4) is 0 Å². The molecule has 3 aromatic rings. The third-order valence-corrected chi connectivity index (χ3v) is 3.97. The summed E-state index contributed by atoms with van der Waals surface area (Å²) in [5.74, 6) is 0.633.